The van der Waals surface area contributed by atoms with Gasteiger partial charge in [-0.15, -0.1) is 0 Å². The predicted octanol–water partition coefficient (Wildman–Crippen LogP) is 4.18. The maximum absolute atomic E-state index is 13.6. The third kappa shape index (κ3) is 3.82. The maximum Gasteiger partial charge on any atom is 0.123 e. The lowest BCUT2D eigenvalue weighted by molar-refractivity contribution is 0.622. The molecule has 2 aromatic carbocycles. The van der Waals surface area contributed by atoms with E-state index in [0.29, 0.717) is 6.42 Å². The van der Waals surface area contributed by atoms with Crippen LogP contribution in [0.25, 0.3) is 0 Å². The second kappa shape index (κ2) is 6.72. The lowest BCUT2D eigenvalue weighted by Crippen LogP contribution is -2.22. The van der Waals surface area contributed by atoms with Gasteiger partial charge in [0.2, 0.25) is 0 Å². The summed E-state index contributed by atoms with van der Waals surface area (Å²) in [6.45, 7) is 6.93. The molecule has 0 aromatic heterocycles. The van der Waals surface area contributed by atoms with E-state index in [1.54, 1.807) is 6.07 Å². The summed E-state index contributed by atoms with van der Waals surface area (Å²) in [4.78, 5) is 2.19. The summed E-state index contributed by atoms with van der Waals surface area (Å²) in [5, 5.41) is 0. The van der Waals surface area contributed by atoms with Crippen LogP contribution in [0.4, 0.5) is 15.8 Å². The zero-order chi connectivity index (χ0) is 15.4. The molecule has 0 saturated heterocycles. The molecule has 0 heterocycles. The first kappa shape index (κ1) is 15.5. The lowest BCUT2D eigenvalue weighted by atomic mass is 10.0. The van der Waals surface area contributed by atoms with E-state index in [4.69, 9.17) is 5.73 Å². The number of aryl methyl sites for hydroxylation is 1. The quantitative estimate of drug-likeness (QED) is 0.893. The average Bonchev–Trinajstić information content (AvgIpc) is 2.43. The first-order valence-electron chi connectivity index (χ1n) is 7.39. The van der Waals surface area contributed by atoms with Crippen molar-refractivity contribution in [2.75, 3.05) is 11.4 Å². The molecular formula is C18H23FN2. The first-order valence-corrected chi connectivity index (χ1v) is 7.39. The SMILES string of the molecule is CCN(c1ccc(C)cc1)c1ccc(F)cc1CC(C)N. The van der Waals surface area contributed by atoms with Crippen LogP contribution in [0.5, 0.6) is 0 Å². The molecule has 2 aromatic rings. The van der Waals surface area contributed by atoms with E-state index < -0.39 is 0 Å². The van der Waals surface area contributed by atoms with Gasteiger partial charge in [-0.1, -0.05) is 17.7 Å². The summed E-state index contributed by atoms with van der Waals surface area (Å²) in [5.74, 6) is -0.214. The van der Waals surface area contributed by atoms with E-state index in [0.717, 1.165) is 23.5 Å². The normalized spacial score (nSPS) is 12.2. The summed E-state index contributed by atoms with van der Waals surface area (Å²) in [6, 6.07) is 13.3. The Morgan fingerprint density at radius 1 is 1.14 bits per heavy atom. The zero-order valence-electron chi connectivity index (χ0n) is 12.9. The third-order valence-corrected chi connectivity index (χ3v) is 3.54. The van der Waals surface area contributed by atoms with Crippen molar-refractivity contribution in [2.45, 2.75) is 33.2 Å². The van der Waals surface area contributed by atoms with Crippen LogP contribution < -0.4 is 10.6 Å². The smallest absolute Gasteiger partial charge is 0.123 e. The van der Waals surface area contributed by atoms with E-state index in [-0.39, 0.29) is 11.9 Å². The molecule has 0 radical (unpaired) electrons. The summed E-state index contributed by atoms with van der Waals surface area (Å²) in [6.07, 6.45) is 0.662. The molecule has 0 bridgehead atoms. The molecule has 3 heteroatoms. The summed E-state index contributed by atoms with van der Waals surface area (Å²) in [5.41, 5.74) is 10.2. The second-order valence-electron chi connectivity index (χ2n) is 5.53. The van der Waals surface area contributed by atoms with E-state index in [9.17, 15) is 4.39 Å². The highest BCUT2D eigenvalue weighted by Gasteiger charge is 2.13. The van der Waals surface area contributed by atoms with Crippen LogP contribution in [0.1, 0.15) is 25.0 Å². The number of nitrogens with zero attached hydrogens (tertiary/aromatic N) is 1. The Morgan fingerprint density at radius 2 is 1.81 bits per heavy atom. The number of hydrogen-bond acceptors (Lipinski definition) is 2. The lowest BCUT2D eigenvalue weighted by Gasteiger charge is -2.26. The molecule has 1 atom stereocenters. The highest BCUT2D eigenvalue weighted by atomic mass is 19.1. The topological polar surface area (TPSA) is 29.3 Å². The largest absolute Gasteiger partial charge is 0.342 e. The Balaban J connectivity index is 2.43. The van der Waals surface area contributed by atoms with Crippen LogP contribution in [-0.2, 0) is 6.42 Å². The van der Waals surface area contributed by atoms with Crippen LogP contribution in [0.3, 0.4) is 0 Å². The minimum absolute atomic E-state index is 0.00211. The zero-order valence-corrected chi connectivity index (χ0v) is 12.9. The summed E-state index contributed by atoms with van der Waals surface area (Å²) < 4.78 is 13.6. The van der Waals surface area contributed by atoms with Crippen LogP contribution in [0.15, 0.2) is 42.5 Å². The molecule has 0 aliphatic carbocycles. The van der Waals surface area contributed by atoms with E-state index >= 15 is 0 Å². The Bertz CT molecular complexity index is 591. The third-order valence-electron chi connectivity index (χ3n) is 3.54. The van der Waals surface area contributed by atoms with Crippen molar-refractivity contribution < 1.29 is 4.39 Å². The molecule has 0 aliphatic rings. The van der Waals surface area contributed by atoms with Gasteiger partial charge in [-0.2, -0.15) is 0 Å². The molecule has 112 valence electrons. The van der Waals surface area contributed by atoms with Gasteiger partial charge in [-0.25, -0.2) is 4.39 Å². The average molecular weight is 286 g/mol. The second-order valence-corrected chi connectivity index (χ2v) is 5.53. The molecule has 21 heavy (non-hydrogen) atoms. The number of benzene rings is 2. The summed E-state index contributed by atoms with van der Waals surface area (Å²) in [7, 11) is 0. The van der Waals surface area contributed by atoms with Crippen LogP contribution >= 0.6 is 0 Å². The van der Waals surface area contributed by atoms with Crippen molar-refractivity contribution in [1.29, 1.82) is 0 Å². The Hall–Kier alpha value is -1.87. The Morgan fingerprint density at radius 3 is 2.38 bits per heavy atom. The molecule has 1 unspecified atom stereocenters. The molecule has 2 N–H and O–H groups in total. The van der Waals surface area contributed by atoms with E-state index in [2.05, 4.69) is 43.0 Å². The number of anilines is 2. The van der Waals surface area contributed by atoms with Crippen molar-refractivity contribution in [3.05, 3.63) is 59.4 Å². The van der Waals surface area contributed by atoms with Gasteiger partial charge >= 0.3 is 0 Å². The monoisotopic (exact) mass is 286 g/mol. The number of halogens is 1. The van der Waals surface area contributed by atoms with Crippen molar-refractivity contribution in [1.82, 2.24) is 0 Å². The fourth-order valence-electron chi connectivity index (χ4n) is 2.54. The molecule has 0 amide bonds. The van der Waals surface area contributed by atoms with Gasteiger partial charge in [0.25, 0.3) is 0 Å². The van der Waals surface area contributed by atoms with Gasteiger partial charge in [0.1, 0.15) is 5.82 Å². The Kier molecular flexibility index (Phi) is 4.97. The van der Waals surface area contributed by atoms with Crippen LogP contribution in [-0.4, -0.2) is 12.6 Å². The Labute approximate surface area is 126 Å². The summed E-state index contributed by atoms with van der Waals surface area (Å²) >= 11 is 0. The molecule has 0 fully saturated rings. The molecular weight excluding hydrogens is 263 g/mol. The highest BCUT2D eigenvalue weighted by Crippen LogP contribution is 2.30. The van der Waals surface area contributed by atoms with Gasteiger partial charge in [0.15, 0.2) is 0 Å². The molecule has 2 rings (SSSR count). The number of hydrogen-bond donors (Lipinski definition) is 1. The van der Waals surface area contributed by atoms with Crippen LogP contribution in [0, 0.1) is 12.7 Å². The minimum atomic E-state index is -0.214. The standard InChI is InChI=1S/C18H23FN2/c1-4-21(17-8-5-13(2)6-9-17)18-10-7-16(19)12-15(18)11-14(3)20/h5-10,12,14H,4,11,20H2,1-3H3. The van der Waals surface area contributed by atoms with Gasteiger partial charge in [-0.05, 0) is 63.1 Å². The van der Waals surface area contributed by atoms with Crippen molar-refractivity contribution in [3.8, 4) is 0 Å². The van der Waals surface area contributed by atoms with E-state index in [1.807, 2.05) is 13.0 Å². The number of nitrogens with two attached hydrogens (primary N) is 1. The maximum atomic E-state index is 13.6. The molecule has 0 spiro atoms. The van der Waals surface area contributed by atoms with Crippen LogP contribution in [0.2, 0.25) is 0 Å². The molecule has 2 nitrogen and oxygen atoms in total. The molecule has 0 aliphatic heterocycles. The van der Waals surface area contributed by atoms with Gasteiger partial charge < -0.3 is 10.6 Å². The van der Waals surface area contributed by atoms with Gasteiger partial charge in [0.05, 0.1) is 0 Å². The predicted molar refractivity (Wildman–Crippen MR) is 87.6 cm³/mol. The fourth-order valence-corrected chi connectivity index (χ4v) is 2.54. The number of rotatable bonds is 5. The minimum Gasteiger partial charge on any atom is -0.342 e. The molecule has 0 saturated carbocycles. The highest BCUT2D eigenvalue weighted by molar-refractivity contribution is 5.66. The van der Waals surface area contributed by atoms with Gasteiger partial charge in [0, 0.05) is 24.0 Å². The van der Waals surface area contributed by atoms with Crippen molar-refractivity contribution in [3.63, 3.8) is 0 Å². The van der Waals surface area contributed by atoms with Gasteiger partial charge in [-0.3, -0.25) is 0 Å². The van der Waals surface area contributed by atoms with Crippen molar-refractivity contribution >= 4 is 11.4 Å². The fraction of sp³-hybridized carbons (Fsp3) is 0.333. The van der Waals surface area contributed by atoms with Crippen molar-refractivity contribution in [2.24, 2.45) is 5.73 Å². The van der Waals surface area contributed by atoms with E-state index in [1.165, 1.54) is 11.6 Å². The first-order chi connectivity index (χ1) is 10.0.